The monoisotopic (exact) mass is 327 g/mol. The van der Waals surface area contributed by atoms with Crippen LogP contribution in [0, 0.1) is 0 Å². The van der Waals surface area contributed by atoms with Crippen molar-refractivity contribution in [2.45, 2.75) is 6.54 Å². The summed E-state index contributed by atoms with van der Waals surface area (Å²) in [6, 6.07) is 5.33. The Balaban J connectivity index is 2.10. The average molecular weight is 329 g/mol. The first-order valence-corrected chi connectivity index (χ1v) is 6.76. The quantitative estimate of drug-likeness (QED) is 0.732. The maximum Gasteiger partial charge on any atom is 0.225 e. The third-order valence-electron chi connectivity index (χ3n) is 2.86. The largest absolute Gasteiger partial charge is 0.382 e. The molecule has 0 saturated heterocycles. The predicted molar refractivity (Wildman–Crippen MR) is 79.4 cm³/mol. The second kappa shape index (κ2) is 5.09. The fraction of sp³-hybridized carbons (Fsp3) is 0.0833. The van der Waals surface area contributed by atoms with Gasteiger partial charge in [0.15, 0.2) is 17.3 Å². The van der Waals surface area contributed by atoms with Gasteiger partial charge in [-0.25, -0.2) is 9.97 Å². The van der Waals surface area contributed by atoms with E-state index in [4.69, 9.17) is 40.5 Å². The molecule has 1 aromatic carbocycles. The van der Waals surface area contributed by atoms with Crippen LogP contribution in [0.3, 0.4) is 0 Å². The van der Waals surface area contributed by atoms with Crippen molar-refractivity contribution in [3.05, 3.63) is 45.4 Å². The number of anilines is 1. The lowest BCUT2D eigenvalue weighted by atomic mass is 10.2. The minimum Gasteiger partial charge on any atom is -0.382 e. The first-order chi connectivity index (χ1) is 9.56. The Morgan fingerprint density at radius 2 is 1.80 bits per heavy atom. The Morgan fingerprint density at radius 1 is 1.10 bits per heavy atom. The number of rotatable bonds is 2. The molecule has 5 nitrogen and oxygen atoms in total. The van der Waals surface area contributed by atoms with Crippen LogP contribution in [0.1, 0.15) is 5.56 Å². The third kappa shape index (κ3) is 2.28. The number of imidazole rings is 1. The van der Waals surface area contributed by atoms with Gasteiger partial charge in [0.1, 0.15) is 0 Å². The van der Waals surface area contributed by atoms with Crippen LogP contribution in [0.5, 0.6) is 0 Å². The Kier molecular flexibility index (Phi) is 3.41. The van der Waals surface area contributed by atoms with Crippen molar-refractivity contribution in [3.8, 4) is 11.5 Å². The van der Waals surface area contributed by atoms with Gasteiger partial charge in [-0.1, -0.05) is 29.3 Å². The van der Waals surface area contributed by atoms with E-state index in [1.165, 1.54) is 0 Å². The third-order valence-corrected chi connectivity index (χ3v) is 3.73. The first-order valence-electron chi connectivity index (χ1n) is 5.63. The summed E-state index contributed by atoms with van der Waals surface area (Å²) < 4.78 is 1.75. The summed E-state index contributed by atoms with van der Waals surface area (Å²) in [6.45, 7) is 0.400. The summed E-state index contributed by atoms with van der Waals surface area (Å²) in [5.41, 5.74) is 6.98. The van der Waals surface area contributed by atoms with E-state index in [1.54, 1.807) is 29.1 Å². The van der Waals surface area contributed by atoms with Gasteiger partial charge in [0.25, 0.3) is 0 Å². The molecule has 0 aromatic heterocycles. The molecular formula is C12H8Cl3N5. The maximum absolute atomic E-state index is 6.16. The van der Waals surface area contributed by atoms with Gasteiger partial charge in [-0.15, -0.1) is 0 Å². The molecule has 0 bridgehead atoms. The molecule has 1 aromatic rings. The van der Waals surface area contributed by atoms with Crippen LogP contribution in [0.4, 0.5) is 5.82 Å². The van der Waals surface area contributed by atoms with Gasteiger partial charge < -0.3 is 10.3 Å². The molecule has 0 aliphatic carbocycles. The smallest absolute Gasteiger partial charge is 0.225 e. The van der Waals surface area contributed by atoms with Crippen molar-refractivity contribution in [2.75, 3.05) is 5.73 Å². The highest BCUT2D eigenvalue weighted by Gasteiger charge is 2.19. The van der Waals surface area contributed by atoms with E-state index in [0.29, 0.717) is 28.1 Å². The van der Waals surface area contributed by atoms with Gasteiger partial charge in [-0.05, 0) is 23.7 Å². The molecule has 0 atom stereocenters. The highest BCUT2D eigenvalue weighted by molar-refractivity contribution is 6.36. The van der Waals surface area contributed by atoms with E-state index >= 15 is 0 Å². The Bertz CT molecular complexity index is 735. The summed E-state index contributed by atoms with van der Waals surface area (Å²) in [6.07, 6.45) is 1.56. The number of nitrogens with two attached hydrogens (primary N) is 1. The summed E-state index contributed by atoms with van der Waals surface area (Å²) >= 11 is 18.1. The van der Waals surface area contributed by atoms with Gasteiger partial charge in [0.2, 0.25) is 5.28 Å². The standard InChI is InChI=1S/C12H8Cl3N5/c13-7-2-1-3-8(14)6(7)4-20-5-17-10(16)9-11(20)19-12(15)18-9/h1-3,5H,4,16H2. The van der Waals surface area contributed by atoms with E-state index in [-0.39, 0.29) is 11.1 Å². The second-order valence-electron chi connectivity index (χ2n) is 4.12. The Hall–Kier alpha value is -1.56. The molecule has 3 rings (SSSR count). The molecule has 102 valence electrons. The van der Waals surface area contributed by atoms with Crippen molar-refractivity contribution in [3.63, 3.8) is 0 Å². The summed E-state index contributed by atoms with van der Waals surface area (Å²) in [4.78, 5) is 12.2. The molecule has 8 heteroatoms. The van der Waals surface area contributed by atoms with E-state index < -0.39 is 0 Å². The highest BCUT2D eigenvalue weighted by atomic mass is 35.5. The van der Waals surface area contributed by atoms with E-state index in [1.807, 2.05) is 0 Å². The summed E-state index contributed by atoms with van der Waals surface area (Å²) in [5, 5.41) is 1.26. The van der Waals surface area contributed by atoms with Gasteiger partial charge in [-0.3, -0.25) is 0 Å². The van der Waals surface area contributed by atoms with E-state index in [0.717, 1.165) is 5.56 Å². The number of benzene rings is 1. The fourth-order valence-corrected chi connectivity index (χ4v) is 2.58. The number of fused-ring (bicyclic) bond motifs is 1. The van der Waals surface area contributed by atoms with Crippen molar-refractivity contribution in [1.82, 2.24) is 19.5 Å². The highest BCUT2D eigenvalue weighted by Crippen LogP contribution is 2.29. The van der Waals surface area contributed by atoms with Crippen LogP contribution in [0.15, 0.2) is 24.5 Å². The lowest BCUT2D eigenvalue weighted by Crippen LogP contribution is -2.09. The lowest BCUT2D eigenvalue weighted by Gasteiger charge is -2.13. The fourth-order valence-electron chi connectivity index (χ4n) is 1.90. The molecule has 2 heterocycles. The van der Waals surface area contributed by atoms with Gasteiger partial charge >= 0.3 is 0 Å². The molecule has 0 amide bonds. The Labute approximate surface area is 129 Å². The number of nitrogen functional groups attached to an aromatic ring is 1. The van der Waals surface area contributed by atoms with Crippen LogP contribution in [0.2, 0.25) is 15.3 Å². The molecular weight excluding hydrogens is 321 g/mol. The second-order valence-corrected chi connectivity index (χ2v) is 5.28. The van der Waals surface area contributed by atoms with Crippen LogP contribution < -0.4 is 5.73 Å². The van der Waals surface area contributed by atoms with Crippen molar-refractivity contribution < 1.29 is 0 Å². The van der Waals surface area contributed by atoms with E-state index in [9.17, 15) is 0 Å². The first kappa shape index (κ1) is 13.4. The molecule has 0 fully saturated rings. The van der Waals surface area contributed by atoms with Gasteiger partial charge in [0, 0.05) is 15.6 Å². The minimum atomic E-state index is 0.124. The lowest BCUT2D eigenvalue weighted by molar-refractivity contribution is 0.763. The van der Waals surface area contributed by atoms with E-state index in [2.05, 4.69) is 15.0 Å². The molecule has 2 aliphatic rings. The summed E-state index contributed by atoms with van der Waals surface area (Å²) in [5.74, 6) is 0.819. The number of aromatic nitrogens is 4. The maximum atomic E-state index is 6.16. The zero-order valence-electron chi connectivity index (χ0n) is 10.0. The molecule has 2 aliphatic heterocycles. The van der Waals surface area contributed by atoms with Crippen molar-refractivity contribution >= 4 is 40.6 Å². The molecule has 0 saturated carbocycles. The average Bonchev–Trinajstić information content (AvgIpc) is 2.79. The summed E-state index contributed by atoms with van der Waals surface area (Å²) in [7, 11) is 0. The Morgan fingerprint density at radius 3 is 2.50 bits per heavy atom. The molecule has 0 unspecified atom stereocenters. The number of hydrogen-bond acceptors (Lipinski definition) is 4. The van der Waals surface area contributed by atoms with Crippen LogP contribution in [0.25, 0.3) is 11.5 Å². The minimum absolute atomic E-state index is 0.124. The van der Waals surface area contributed by atoms with Crippen molar-refractivity contribution in [1.29, 1.82) is 0 Å². The molecule has 2 N–H and O–H groups in total. The topological polar surface area (TPSA) is 69.6 Å². The zero-order chi connectivity index (χ0) is 14.3. The number of hydrogen-bond donors (Lipinski definition) is 1. The predicted octanol–water partition coefficient (Wildman–Crippen LogP) is 3.37. The molecule has 0 radical (unpaired) electrons. The molecule has 0 spiro atoms. The van der Waals surface area contributed by atoms with Crippen LogP contribution in [-0.4, -0.2) is 19.5 Å². The van der Waals surface area contributed by atoms with Crippen LogP contribution >= 0.6 is 34.8 Å². The van der Waals surface area contributed by atoms with Gasteiger partial charge in [-0.2, -0.15) is 4.98 Å². The molecule has 20 heavy (non-hydrogen) atoms. The number of halogens is 3. The van der Waals surface area contributed by atoms with Gasteiger partial charge in [0.05, 0.1) is 12.9 Å². The normalized spacial score (nSPS) is 11.2. The zero-order valence-corrected chi connectivity index (χ0v) is 12.3. The SMILES string of the molecule is Nc1ncn(Cc2c(Cl)cccc2Cl)c2nc(Cl)nc1-2. The van der Waals surface area contributed by atoms with Crippen molar-refractivity contribution in [2.24, 2.45) is 0 Å². The van der Waals surface area contributed by atoms with Crippen LogP contribution in [-0.2, 0) is 6.54 Å². The number of nitrogens with zero attached hydrogens (tertiary/aromatic N) is 4.